The van der Waals surface area contributed by atoms with Crippen molar-refractivity contribution in [1.29, 1.82) is 0 Å². The maximum Gasteiger partial charge on any atom is 0.310 e. The molecule has 3 fully saturated rings. The second-order valence-corrected chi connectivity index (χ2v) is 20.8. The number of fused-ring (bicyclic) bond motifs is 2. The summed E-state index contributed by atoms with van der Waals surface area (Å²) in [5.74, 6) is -12.8. The van der Waals surface area contributed by atoms with Crippen molar-refractivity contribution in [2.45, 2.75) is 73.2 Å². The van der Waals surface area contributed by atoms with E-state index in [1.54, 1.807) is 0 Å². The van der Waals surface area contributed by atoms with E-state index in [1.807, 2.05) is 0 Å². The molecule has 0 radical (unpaired) electrons. The Morgan fingerprint density at radius 1 is 0.407 bits per heavy atom. The second-order valence-electron chi connectivity index (χ2n) is 20.8. The lowest BCUT2D eigenvalue weighted by Gasteiger charge is -2.50. The van der Waals surface area contributed by atoms with Gasteiger partial charge in [-0.1, -0.05) is 24.3 Å². The number of benzene rings is 6. The Hall–Kier alpha value is -9.64. The monoisotopic (exact) mass is 1190 g/mol. The molecular weight excluding hydrogens is 1140 g/mol. The molecular formula is C60H52O26. The Morgan fingerprint density at radius 2 is 0.733 bits per heavy atom. The van der Waals surface area contributed by atoms with Crippen LogP contribution >= 0.6 is 0 Å². The molecule has 86 heavy (non-hydrogen) atoms. The molecule has 4 heterocycles. The lowest BCUT2D eigenvalue weighted by atomic mass is 9.52. The van der Waals surface area contributed by atoms with E-state index in [2.05, 4.69) is 0 Å². The summed E-state index contributed by atoms with van der Waals surface area (Å²) in [4.78, 5) is 57.7. The van der Waals surface area contributed by atoms with Crippen molar-refractivity contribution < 1.29 is 118 Å². The van der Waals surface area contributed by atoms with E-state index in [9.17, 15) is 90.7 Å². The van der Waals surface area contributed by atoms with Crippen molar-refractivity contribution in [3.63, 3.8) is 0 Å². The highest BCUT2D eigenvalue weighted by Crippen LogP contribution is 2.59. The van der Waals surface area contributed by atoms with Gasteiger partial charge in [0.1, 0.15) is 130 Å². The molecule has 2 saturated heterocycles. The fourth-order valence-corrected chi connectivity index (χ4v) is 11.0. The fraction of sp³-hybridized carbons (Fsp3) is 0.267. The van der Waals surface area contributed by atoms with Crippen LogP contribution in [0.15, 0.2) is 140 Å². The number of phenols is 8. The summed E-state index contributed by atoms with van der Waals surface area (Å²) in [6, 6.07) is 25.1. The number of esters is 2. The van der Waals surface area contributed by atoms with Crippen molar-refractivity contribution in [1.82, 2.24) is 0 Å². The third-order valence-electron chi connectivity index (χ3n) is 15.3. The molecule has 11 rings (SSSR count). The third-order valence-corrected chi connectivity index (χ3v) is 15.3. The molecule has 2 aromatic heterocycles. The van der Waals surface area contributed by atoms with E-state index in [0.29, 0.717) is 11.1 Å². The SMILES string of the molecule is O=C(OC[C@H]1O[C@@H](Oc2c(-c3ccc(O)cc3)oc3cc(O)cc(O)c3c2=O)[C@H](O)[C@@H](O)[C@@H]1O)[C@@H]1[C@@H](C(=O)OC[C@H]2O[C@@H](Oc3c(-c4ccc(O)cc4)oc4cc(O)cc(O)c4c3=O)[C@H](O)[C@@H](O)[C@@H]2O)[C@@H](c2ccc(O)cc2)[C@@H]1c1ccc(O)cc1. The van der Waals surface area contributed by atoms with Crippen LogP contribution in [0.4, 0.5) is 0 Å². The average molecular weight is 1190 g/mol. The smallest absolute Gasteiger partial charge is 0.310 e. The Kier molecular flexibility index (Phi) is 15.6. The molecule has 0 amide bonds. The van der Waals surface area contributed by atoms with Crippen molar-refractivity contribution in [3.8, 4) is 80.1 Å². The van der Waals surface area contributed by atoms with Crippen LogP contribution in [0.1, 0.15) is 23.0 Å². The normalized spacial score (nSPS) is 26.3. The number of carbonyl (C=O) groups is 2. The van der Waals surface area contributed by atoms with Crippen LogP contribution in [0.3, 0.4) is 0 Å². The van der Waals surface area contributed by atoms with E-state index >= 15 is 0 Å². The van der Waals surface area contributed by atoms with Crippen LogP contribution in [-0.2, 0) is 28.5 Å². The summed E-state index contributed by atoms with van der Waals surface area (Å²) in [5.41, 5.74) is -1.84. The largest absolute Gasteiger partial charge is 0.508 e. The molecule has 0 bridgehead atoms. The quantitative estimate of drug-likeness (QED) is 0.0696. The molecule has 26 heteroatoms. The van der Waals surface area contributed by atoms with Crippen molar-refractivity contribution in [2.75, 3.05) is 13.2 Å². The van der Waals surface area contributed by atoms with Crippen molar-refractivity contribution in [3.05, 3.63) is 153 Å². The first-order valence-corrected chi connectivity index (χ1v) is 26.3. The molecule has 1 aliphatic carbocycles. The maximum atomic E-state index is 14.8. The predicted octanol–water partition coefficient (Wildman–Crippen LogP) is 2.85. The fourth-order valence-electron chi connectivity index (χ4n) is 11.0. The zero-order valence-corrected chi connectivity index (χ0v) is 44.2. The van der Waals surface area contributed by atoms with Crippen LogP contribution in [-0.4, -0.2) is 158 Å². The summed E-state index contributed by atoms with van der Waals surface area (Å²) in [6.07, 6.45) is -20.3. The number of rotatable bonds is 14. The van der Waals surface area contributed by atoms with E-state index in [4.69, 9.17) is 37.3 Å². The van der Waals surface area contributed by atoms with Gasteiger partial charge in [0.2, 0.25) is 34.9 Å². The summed E-state index contributed by atoms with van der Waals surface area (Å²) in [6.45, 7) is -1.89. The average Bonchev–Trinajstić information content (AvgIpc) is 0.957. The van der Waals surface area contributed by atoms with Gasteiger partial charge in [-0.2, -0.15) is 0 Å². The van der Waals surface area contributed by atoms with Gasteiger partial charge in [-0.05, 0) is 83.9 Å². The molecule has 14 N–H and O–H groups in total. The maximum absolute atomic E-state index is 14.8. The number of aliphatic hydroxyl groups excluding tert-OH is 6. The van der Waals surface area contributed by atoms with Gasteiger partial charge in [0, 0.05) is 47.2 Å². The van der Waals surface area contributed by atoms with Gasteiger partial charge in [-0.25, -0.2) is 0 Å². The summed E-state index contributed by atoms with van der Waals surface area (Å²) in [5, 5.41) is 149. The summed E-state index contributed by atoms with van der Waals surface area (Å²) in [7, 11) is 0. The van der Waals surface area contributed by atoms with Gasteiger partial charge in [0.25, 0.3) is 0 Å². The van der Waals surface area contributed by atoms with E-state index < -0.39 is 166 Å². The molecule has 8 aromatic rings. The molecule has 26 nitrogen and oxygen atoms in total. The molecule has 1 saturated carbocycles. The van der Waals surface area contributed by atoms with Gasteiger partial charge < -0.3 is 109 Å². The van der Waals surface area contributed by atoms with Crippen LogP contribution in [0.5, 0.6) is 57.5 Å². The Labute approximate surface area is 482 Å². The minimum atomic E-state index is -2.13. The summed E-state index contributed by atoms with van der Waals surface area (Å²) < 4.78 is 46.9. The first-order valence-electron chi connectivity index (χ1n) is 26.3. The van der Waals surface area contributed by atoms with Crippen LogP contribution in [0.2, 0.25) is 0 Å². The highest BCUT2D eigenvalue weighted by Gasteiger charge is 2.60. The highest BCUT2D eigenvalue weighted by atomic mass is 16.7. The van der Waals surface area contributed by atoms with Gasteiger partial charge in [0.05, 0.1) is 11.8 Å². The number of ether oxygens (including phenoxy) is 6. The first kappa shape index (κ1) is 58.1. The molecule has 0 spiro atoms. The van der Waals surface area contributed by atoms with Crippen LogP contribution in [0.25, 0.3) is 44.6 Å². The molecule has 6 aromatic carbocycles. The lowest BCUT2D eigenvalue weighted by Crippen LogP contribution is -2.61. The molecule has 448 valence electrons. The minimum Gasteiger partial charge on any atom is -0.508 e. The first-order chi connectivity index (χ1) is 41.1. The van der Waals surface area contributed by atoms with Gasteiger partial charge in [-0.3, -0.25) is 19.2 Å². The van der Waals surface area contributed by atoms with Crippen molar-refractivity contribution in [2.24, 2.45) is 11.8 Å². The number of aliphatic hydroxyl groups is 6. The van der Waals surface area contributed by atoms with Crippen LogP contribution < -0.4 is 20.3 Å². The van der Waals surface area contributed by atoms with Gasteiger partial charge >= 0.3 is 11.9 Å². The number of carbonyl (C=O) groups excluding carboxylic acids is 2. The Bertz CT molecular complexity index is 3720. The van der Waals surface area contributed by atoms with Crippen LogP contribution in [0, 0.1) is 11.8 Å². The summed E-state index contributed by atoms with van der Waals surface area (Å²) >= 11 is 0. The minimum absolute atomic E-state index is 0.0930. The number of phenolic OH excluding ortho intramolecular Hbond substituents is 8. The lowest BCUT2D eigenvalue weighted by molar-refractivity contribution is -0.280. The number of hydrogen-bond acceptors (Lipinski definition) is 26. The zero-order valence-electron chi connectivity index (χ0n) is 44.2. The Balaban J connectivity index is 0.872. The standard InChI is InChI=1S/C60H52O26/c61-27-9-1-23(2-10-27)39-40(24-3-11-28(62)12-4-24)44(58(78)80-22-38-46(70)50(74)52(76)60(84-38)86-56-48(72)42-34(68)18-32(66)20-36(42)82-54(56)26-7-15-30(64)16-8-26)43(39)57(77)79-21-37-45(69)49(73)51(75)59(83-37)85-55-47(71)41-33(67)17-31(65)19-35(41)81-53(55)25-5-13-29(63)14-6-25/h1-20,37-40,43-46,49-52,59-70,73-76H,21-22H2/t37-,38-,39+,40+,43+,44+,45-,46-,49+,50+,51-,52-,59+,60+/m1/s1. The van der Waals surface area contributed by atoms with E-state index in [-0.39, 0.29) is 56.8 Å². The third kappa shape index (κ3) is 10.8. The van der Waals surface area contributed by atoms with Crippen molar-refractivity contribution >= 4 is 33.9 Å². The zero-order chi connectivity index (χ0) is 61.2. The predicted molar refractivity (Wildman–Crippen MR) is 291 cm³/mol. The molecule has 2 aliphatic heterocycles. The highest BCUT2D eigenvalue weighted by molar-refractivity contribution is 5.90. The molecule has 14 atom stereocenters. The van der Waals surface area contributed by atoms with E-state index in [1.165, 1.54) is 97.1 Å². The number of hydrogen-bond donors (Lipinski definition) is 14. The van der Waals surface area contributed by atoms with Gasteiger partial charge in [-0.15, -0.1) is 0 Å². The topological polar surface area (TPSA) is 433 Å². The number of aromatic hydroxyl groups is 8. The Morgan fingerprint density at radius 3 is 1.07 bits per heavy atom. The second kappa shape index (κ2) is 23.1. The van der Waals surface area contributed by atoms with E-state index in [0.717, 1.165) is 24.3 Å². The molecule has 0 unspecified atom stereocenters. The molecule has 3 aliphatic rings. The van der Waals surface area contributed by atoms with Gasteiger partial charge in [0.15, 0.2) is 11.5 Å².